The fraction of sp³-hybridized carbons (Fsp3) is 0.417. The molecule has 3 rings (SSSR count). The minimum Gasteiger partial charge on any atom is -0.352 e. The molecule has 2 aromatic rings. The number of carbonyl (C=O) groups excluding carboxylic acids is 2. The standard InChI is InChI=1S/C24H27Cl3FN3O4S/c1-15(24(33)29-17-8-4-5-9-17)30(13-16-7-3-6-10-21(16)28)23(32)14-31(36(2,34)35)22-12-19(26)18(25)11-20(22)27/h3,6-7,10-12,15,17H,4-5,8-9,13-14H2,1-2H3,(H,29,33)/t15-/m1/s1. The maximum atomic E-state index is 14.5. The Kier molecular flexibility index (Phi) is 9.49. The van der Waals surface area contributed by atoms with E-state index in [4.69, 9.17) is 34.8 Å². The predicted molar refractivity (Wildman–Crippen MR) is 140 cm³/mol. The van der Waals surface area contributed by atoms with Gasteiger partial charge < -0.3 is 10.2 Å². The van der Waals surface area contributed by atoms with Crippen LogP contribution in [-0.4, -0.2) is 50.0 Å². The minimum atomic E-state index is -4.02. The smallest absolute Gasteiger partial charge is 0.244 e. The lowest BCUT2D eigenvalue weighted by Gasteiger charge is -2.32. The minimum absolute atomic E-state index is 0.00731. The number of amides is 2. The molecule has 0 aromatic heterocycles. The van der Waals surface area contributed by atoms with Crippen LogP contribution in [0, 0.1) is 5.82 Å². The highest BCUT2D eigenvalue weighted by Crippen LogP contribution is 2.35. The summed E-state index contributed by atoms with van der Waals surface area (Å²) < 4.78 is 40.6. The molecule has 1 atom stereocenters. The Labute approximate surface area is 225 Å². The van der Waals surface area contributed by atoms with Gasteiger partial charge in [0.2, 0.25) is 21.8 Å². The molecule has 36 heavy (non-hydrogen) atoms. The van der Waals surface area contributed by atoms with E-state index in [9.17, 15) is 22.4 Å². The number of hydrogen-bond donors (Lipinski definition) is 1. The highest BCUT2D eigenvalue weighted by molar-refractivity contribution is 7.92. The van der Waals surface area contributed by atoms with E-state index in [0.717, 1.165) is 41.1 Å². The predicted octanol–water partition coefficient (Wildman–Crippen LogP) is 5.03. The number of hydrogen-bond acceptors (Lipinski definition) is 4. The van der Waals surface area contributed by atoms with Crippen molar-refractivity contribution in [2.45, 2.75) is 51.2 Å². The van der Waals surface area contributed by atoms with Crippen LogP contribution in [0.4, 0.5) is 10.1 Å². The van der Waals surface area contributed by atoms with E-state index in [1.165, 1.54) is 37.3 Å². The van der Waals surface area contributed by atoms with E-state index >= 15 is 0 Å². The highest BCUT2D eigenvalue weighted by atomic mass is 35.5. The van der Waals surface area contributed by atoms with Crippen molar-refractivity contribution in [3.63, 3.8) is 0 Å². The van der Waals surface area contributed by atoms with Crippen LogP contribution in [0.5, 0.6) is 0 Å². The first-order valence-electron chi connectivity index (χ1n) is 11.3. The van der Waals surface area contributed by atoms with Gasteiger partial charge in [0.15, 0.2) is 0 Å². The quantitative estimate of drug-likeness (QED) is 0.423. The zero-order chi connectivity index (χ0) is 26.6. The topological polar surface area (TPSA) is 86.8 Å². The molecule has 0 saturated heterocycles. The fourth-order valence-electron chi connectivity index (χ4n) is 4.08. The van der Waals surface area contributed by atoms with E-state index in [2.05, 4.69) is 5.32 Å². The molecule has 1 saturated carbocycles. The molecule has 196 valence electrons. The van der Waals surface area contributed by atoms with Crippen LogP contribution in [0.3, 0.4) is 0 Å². The van der Waals surface area contributed by atoms with Crippen LogP contribution in [-0.2, 0) is 26.2 Å². The molecule has 12 heteroatoms. The van der Waals surface area contributed by atoms with E-state index in [1.807, 2.05) is 0 Å². The summed E-state index contributed by atoms with van der Waals surface area (Å²) in [5, 5.41) is 3.07. The Morgan fingerprint density at radius 1 is 1.08 bits per heavy atom. The van der Waals surface area contributed by atoms with Crippen molar-refractivity contribution in [1.29, 1.82) is 0 Å². The molecule has 0 radical (unpaired) electrons. The number of sulfonamides is 1. The van der Waals surface area contributed by atoms with Gasteiger partial charge >= 0.3 is 0 Å². The average Bonchev–Trinajstić information content (AvgIpc) is 3.31. The van der Waals surface area contributed by atoms with Crippen LogP contribution in [0.1, 0.15) is 38.2 Å². The Morgan fingerprint density at radius 3 is 2.31 bits per heavy atom. The zero-order valence-corrected chi connectivity index (χ0v) is 22.9. The number of nitrogens with zero attached hydrogens (tertiary/aromatic N) is 2. The van der Waals surface area contributed by atoms with Crippen molar-refractivity contribution < 1.29 is 22.4 Å². The number of nitrogens with one attached hydrogen (secondary N) is 1. The second-order valence-electron chi connectivity index (χ2n) is 8.77. The number of halogens is 4. The Morgan fingerprint density at radius 2 is 1.69 bits per heavy atom. The van der Waals surface area contributed by atoms with Gasteiger partial charge in [-0.25, -0.2) is 12.8 Å². The highest BCUT2D eigenvalue weighted by Gasteiger charge is 2.32. The summed E-state index contributed by atoms with van der Waals surface area (Å²) >= 11 is 18.3. The molecule has 1 N–H and O–H groups in total. The normalized spacial score (nSPS) is 14.9. The summed E-state index contributed by atoms with van der Waals surface area (Å²) in [5.74, 6) is -1.67. The van der Waals surface area contributed by atoms with Crippen molar-refractivity contribution in [3.05, 3.63) is 62.8 Å². The third kappa shape index (κ3) is 7.03. The molecule has 0 aliphatic heterocycles. The number of anilines is 1. The molecular weight excluding hydrogens is 552 g/mol. The van der Waals surface area contributed by atoms with Gasteiger partial charge in [-0.1, -0.05) is 65.8 Å². The Balaban J connectivity index is 1.94. The molecule has 1 fully saturated rings. The van der Waals surface area contributed by atoms with Crippen molar-refractivity contribution in [1.82, 2.24) is 10.2 Å². The maximum Gasteiger partial charge on any atom is 0.244 e. The van der Waals surface area contributed by atoms with Gasteiger partial charge in [0.05, 0.1) is 27.0 Å². The number of carbonyl (C=O) groups is 2. The molecular formula is C24H27Cl3FN3O4S. The van der Waals surface area contributed by atoms with Crippen LogP contribution in [0.2, 0.25) is 15.1 Å². The van der Waals surface area contributed by atoms with Crippen LogP contribution < -0.4 is 9.62 Å². The molecule has 0 spiro atoms. The summed E-state index contributed by atoms with van der Waals surface area (Å²) in [6.45, 7) is 0.601. The first-order chi connectivity index (χ1) is 16.9. The summed E-state index contributed by atoms with van der Waals surface area (Å²) in [6, 6.07) is 7.41. The summed E-state index contributed by atoms with van der Waals surface area (Å²) in [7, 11) is -4.02. The van der Waals surface area contributed by atoms with Gasteiger partial charge in [-0.2, -0.15) is 0 Å². The Bertz CT molecular complexity index is 1240. The first kappa shape index (κ1) is 28.5. The van der Waals surface area contributed by atoms with E-state index in [0.29, 0.717) is 0 Å². The summed E-state index contributed by atoms with van der Waals surface area (Å²) in [6.07, 6.45) is 4.61. The molecule has 2 aromatic carbocycles. The number of benzene rings is 2. The SMILES string of the molecule is C[C@H](C(=O)NC1CCCC1)N(Cc1ccccc1F)C(=O)CN(c1cc(Cl)c(Cl)cc1Cl)S(C)(=O)=O. The molecule has 0 unspecified atom stereocenters. The van der Waals surface area contributed by atoms with Gasteiger partial charge in [-0.3, -0.25) is 13.9 Å². The second kappa shape index (κ2) is 12.0. The van der Waals surface area contributed by atoms with Crippen LogP contribution in [0.25, 0.3) is 0 Å². The third-order valence-corrected chi connectivity index (χ3v) is 8.26. The Hall–Kier alpha value is -2.07. The van der Waals surface area contributed by atoms with Crippen molar-refractivity contribution >= 4 is 62.3 Å². The van der Waals surface area contributed by atoms with Gasteiger partial charge in [0.1, 0.15) is 18.4 Å². The average molecular weight is 579 g/mol. The van der Waals surface area contributed by atoms with E-state index in [1.54, 1.807) is 6.07 Å². The molecule has 0 heterocycles. The van der Waals surface area contributed by atoms with E-state index in [-0.39, 0.29) is 38.9 Å². The molecule has 7 nitrogen and oxygen atoms in total. The maximum absolute atomic E-state index is 14.5. The van der Waals surface area contributed by atoms with Gasteiger partial charge in [-0.05, 0) is 38.0 Å². The second-order valence-corrected chi connectivity index (χ2v) is 11.9. The van der Waals surface area contributed by atoms with Crippen LogP contribution >= 0.6 is 34.8 Å². The lowest BCUT2D eigenvalue weighted by atomic mass is 10.1. The summed E-state index contributed by atoms with van der Waals surface area (Å²) in [4.78, 5) is 27.7. The largest absolute Gasteiger partial charge is 0.352 e. The van der Waals surface area contributed by atoms with Gasteiger partial charge in [0.25, 0.3) is 0 Å². The lowest BCUT2D eigenvalue weighted by molar-refractivity contribution is -0.139. The van der Waals surface area contributed by atoms with Crippen molar-refractivity contribution in [2.24, 2.45) is 0 Å². The van der Waals surface area contributed by atoms with Crippen molar-refractivity contribution in [2.75, 3.05) is 17.1 Å². The number of rotatable bonds is 9. The molecule has 0 bridgehead atoms. The molecule has 1 aliphatic rings. The van der Waals surface area contributed by atoms with Crippen molar-refractivity contribution in [3.8, 4) is 0 Å². The van der Waals surface area contributed by atoms with E-state index < -0.39 is 40.2 Å². The lowest BCUT2D eigenvalue weighted by Crippen LogP contribution is -2.52. The third-order valence-electron chi connectivity index (χ3n) is 6.11. The molecule has 1 aliphatic carbocycles. The summed E-state index contributed by atoms with van der Waals surface area (Å²) in [5.41, 5.74) is 0.140. The molecule has 2 amide bonds. The zero-order valence-electron chi connectivity index (χ0n) is 19.8. The van der Waals surface area contributed by atoms with Crippen LogP contribution in [0.15, 0.2) is 36.4 Å². The van der Waals surface area contributed by atoms with Gasteiger partial charge in [-0.15, -0.1) is 0 Å². The monoisotopic (exact) mass is 577 g/mol. The first-order valence-corrected chi connectivity index (χ1v) is 14.3. The van der Waals surface area contributed by atoms with Gasteiger partial charge in [0, 0.05) is 18.2 Å². The fourth-order valence-corrected chi connectivity index (χ4v) is 5.63.